The monoisotopic (exact) mass is 172 g/mol. The van der Waals surface area contributed by atoms with Crippen molar-refractivity contribution >= 4 is 5.91 Å². The summed E-state index contributed by atoms with van der Waals surface area (Å²) in [6.07, 6.45) is 1.54. The van der Waals surface area contributed by atoms with E-state index in [-0.39, 0.29) is 30.5 Å². The zero-order chi connectivity index (χ0) is 9.14. The molecule has 4 heteroatoms. The minimum absolute atomic E-state index is 0.00416. The zero-order valence-corrected chi connectivity index (χ0v) is 7.29. The second-order valence-corrected chi connectivity index (χ2v) is 3.30. The van der Waals surface area contributed by atoms with Crippen LogP contribution in [0.2, 0.25) is 0 Å². The normalized spacial score (nSPS) is 29.6. The third kappa shape index (κ3) is 2.19. The molecule has 0 spiro atoms. The lowest BCUT2D eigenvalue weighted by atomic mass is 10.2. The molecule has 0 heterocycles. The van der Waals surface area contributed by atoms with E-state index >= 15 is 0 Å². The SMILES string of the molecule is CCC(CO)NC(=O)C1CC1N. The lowest BCUT2D eigenvalue weighted by Crippen LogP contribution is -2.38. The van der Waals surface area contributed by atoms with Crippen LogP contribution in [0, 0.1) is 5.92 Å². The number of carbonyl (C=O) groups excluding carboxylic acids is 1. The molecule has 1 aliphatic carbocycles. The van der Waals surface area contributed by atoms with Crippen molar-refractivity contribution in [2.75, 3.05) is 6.61 Å². The van der Waals surface area contributed by atoms with E-state index in [0.717, 1.165) is 12.8 Å². The van der Waals surface area contributed by atoms with E-state index in [2.05, 4.69) is 5.32 Å². The van der Waals surface area contributed by atoms with Gasteiger partial charge >= 0.3 is 0 Å². The van der Waals surface area contributed by atoms with E-state index in [1.807, 2.05) is 6.92 Å². The highest BCUT2D eigenvalue weighted by Gasteiger charge is 2.40. The van der Waals surface area contributed by atoms with Gasteiger partial charge in [0.05, 0.1) is 18.6 Å². The van der Waals surface area contributed by atoms with Crippen LogP contribution in [-0.2, 0) is 4.79 Å². The molecule has 0 saturated heterocycles. The maximum absolute atomic E-state index is 11.2. The van der Waals surface area contributed by atoms with Gasteiger partial charge < -0.3 is 16.2 Å². The Morgan fingerprint density at radius 1 is 1.83 bits per heavy atom. The van der Waals surface area contributed by atoms with Crippen LogP contribution in [0.4, 0.5) is 0 Å². The fourth-order valence-corrected chi connectivity index (χ4v) is 1.10. The smallest absolute Gasteiger partial charge is 0.225 e. The van der Waals surface area contributed by atoms with Crippen molar-refractivity contribution in [3.63, 3.8) is 0 Å². The first-order valence-electron chi connectivity index (χ1n) is 4.35. The Kier molecular flexibility index (Phi) is 3.05. The highest BCUT2D eigenvalue weighted by atomic mass is 16.3. The van der Waals surface area contributed by atoms with Gasteiger partial charge in [0.2, 0.25) is 5.91 Å². The van der Waals surface area contributed by atoms with Crippen LogP contribution in [0.25, 0.3) is 0 Å². The zero-order valence-electron chi connectivity index (χ0n) is 7.29. The number of hydrogen-bond donors (Lipinski definition) is 3. The standard InChI is InChI=1S/C8H16N2O2/c1-2-5(4-11)10-8(12)6-3-7(6)9/h5-7,11H,2-4,9H2,1H3,(H,10,12). The molecule has 3 unspecified atom stereocenters. The highest BCUT2D eigenvalue weighted by molar-refractivity contribution is 5.82. The second-order valence-electron chi connectivity index (χ2n) is 3.30. The predicted octanol–water partition coefficient (Wildman–Crippen LogP) is -0.779. The first-order chi connectivity index (χ1) is 5.69. The molecule has 3 atom stereocenters. The number of aliphatic hydroxyl groups excluding tert-OH is 1. The summed E-state index contributed by atoms with van der Waals surface area (Å²) in [6, 6.07) is -0.0634. The molecule has 4 N–H and O–H groups in total. The molecular formula is C8H16N2O2. The minimum atomic E-state index is -0.106. The van der Waals surface area contributed by atoms with Crippen LogP contribution in [0.1, 0.15) is 19.8 Å². The number of hydrogen-bond acceptors (Lipinski definition) is 3. The highest BCUT2D eigenvalue weighted by Crippen LogP contribution is 2.27. The van der Waals surface area contributed by atoms with Crippen molar-refractivity contribution in [1.82, 2.24) is 5.32 Å². The van der Waals surface area contributed by atoms with Crippen molar-refractivity contribution in [1.29, 1.82) is 0 Å². The average Bonchev–Trinajstić information content (AvgIpc) is 2.78. The Balaban J connectivity index is 2.25. The molecule has 1 amide bonds. The van der Waals surface area contributed by atoms with Crippen LogP contribution in [-0.4, -0.2) is 29.7 Å². The molecule has 1 fully saturated rings. The fourth-order valence-electron chi connectivity index (χ4n) is 1.10. The molecule has 1 aliphatic rings. The summed E-state index contributed by atoms with van der Waals surface area (Å²) < 4.78 is 0. The van der Waals surface area contributed by atoms with Gasteiger partial charge in [-0.3, -0.25) is 4.79 Å². The summed E-state index contributed by atoms with van der Waals surface area (Å²) in [5.74, 6) is -0.0194. The van der Waals surface area contributed by atoms with Gasteiger partial charge in [0.15, 0.2) is 0 Å². The summed E-state index contributed by atoms with van der Waals surface area (Å²) in [5.41, 5.74) is 5.50. The van der Waals surface area contributed by atoms with Gasteiger partial charge in [-0.1, -0.05) is 6.92 Å². The van der Waals surface area contributed by atoms with Gasteiger partial charge in [-0.25, -0.2) is 0 Å². The molecule has 4 nitrogen and oxygen atoms in total. The van der Waals surface area contributed by atoms with Crippen LogP contribution in [0.3, 0.4) is 0 Å². The number of carbonyl (C=O) groups is 1. The Bertz CT molecular complexity index is 168. The van der Waals surface area contributed by atoms with Gasteiger partial charge in [0.25, 0.3) is 0 Å². The van der Waals surface area contributed by atoms with Gasteiger partial charge in [-0.05, 0) is 12.8 Å². The number of nitrogens with two attached hydrogens (primary N) is 1. The summed E-state index contributed by atoms with van der Waals surface area (Å²) in [4.78, 5) is 11.2. The molecule has 12 heavy (non-hydrogen) atoms. The first-order valence-corrected chi connectivity index (χ1v) is 4.35. The fraction of sp³-hybridized carbons (Fsp3) is 0.875. The molecule has 0 aromatic rings. The number of amides is 1. The van der Waals surface area contributed by atoms with E-state index in [4.69, 9.17) is 10.8 Å². The maximum atomic E-state index is 11.2. The van der Waals surface area contributed by atoms with Gasteiger partial charge in [-0.2, -0.15) is 0 Å². The van der Waals surface area contributed by atoms with Gasteiger partial charge in [-0.15, -0.1) is 0 Å². The average molecular weight is 172 g/mol. The van der Waals surface area contributed by atoms with Crippen molar-refractivity contribution in [2.24, 2.45) is 11.7 Å². The van der Waals surface area contributed by atoms with Crippen molar-refractivity contribution < 1.29 is 9.90 Å². The quantitative estimate of drug-likeness (QED) is 0.520. The summed E-state index contributed by atoms with van der Waals surface area (Å²) in [5, 5.41) is 11.5. The molecule has 70 valence electrons. The molecule has 1 saturated carbocycles. The number of rotatable bonds is 4. The predicted molar refractivity (Wildman–Crippen MR) is 45.4 cm³/mol. The molecule has 0 bridgehead atoms. The van der Waals surface area contributed by atoms with Crippen LogP contribution in [0.15, 0.2) is 0 Å². The maximum Gasteiger partial charge on any atom is 0.225 e. The minimum Gasteiger partial charge on any atom is -0.394 e. The van der Waals surface area contributed by atoms with Crippen molar-refractivity contribution in [2.45, 2.75) is 31.8 Å². The Morgan fingerprint density at radius 3 is 2.75 bits per heavy atom. The topological polar surface area (TPSA) is 75.3 Å². The van der Waals surface area contributed by atoms with Gasteiger partial charge in [0, 0.05) is 6.04 Å². The number of aliphatic hydroxyl groups is 1. The van der Waals surface area contributed by atoms with E-state index in [9.17, 15) is 4.79 Å². The largest absolute Gasteiger partial charge is 0.394 e. The van der Waals surface area contributed by atoms with Crippen LogP contribution < -0.4 is 11.1 Å². The molecule has 0 radical (unpaired) electrons. The molecule has 1 rings (SSSR count). The summed E-state index contributed by atoms with van der Waals surface area (Å²) >= 11 is 0. The Labute approximate surface area is 72.1 Å². The molecule has 0 aromatic heterocycles. The van der Waals surface area contributed by atoms with Crippen molar-refractivity contribution in [3.8, 4) is 0 Å². The van der Waals surface area contributed by atoms with E-state index in [1.165, 1.54) is 0 Å². The van der Waals surface area contributed by atoms with Crippen LogP contribution in [0.5, 0.6) is 0 Å². The van der Waals surface area contributed by atoms with Crippen molar-refractivity contribution in [3.05, 3.63) is 0 Å². The van der Waals surface area contributed by atoms with E-state index in [1.54, 1.807) is 0 Å². The lowest BCUT2D eigenvalue weighted by molar-refractivity contribution is -0.123. The van der Waals surface area contributed by atoms with E-state index in [0.29, 0.717) is 0 Å². The Hall–Kier alpha value is -0.610. The van der Waals surface area contributed by atoms with Crippen LogP contribution >= 0.6 is 0 Å². The first kappa shape index (κ1) is 9.48. The second kappa shape index (κ2) is 3.87. The van der Waals surface area contributed by atoms with Gasteiger partial charge in [0.1, 0.15) is 0 Å². The third-order valence-corrected chi connectivity index (χ3v) is 2.24. The molecule has 0 aliphatic heterocycles. The van der Waals surface area contributed by atoms with E-state index < -0.39 is 0 Å². The lowest BCUT2D eigenvalue weighted by Gasteiger charge is -2.13. The number of nitrogens with one attached hydrogen (secondary N) is 1. The summed E-state index contributed by atoms with van der Waals surface area (Å²) in [7, 11) is 0. The molecule has 0 aromatic carbocycles. The third-order valence-electron chi connectivity index (χ3n) is 2.24. The summed E-state index contributed by atoms with van der Waals surface area (Å²) in [6.45, 7) is 1.93. The Morgan fingerprint density at radius 2 is 2.42 bits per heavy atom. The molecular weight excluding hydrogens is 156 g/mol.